The number of hydrogen-bond donors (Lipinski definition) is 2. The molecule has 0 saturated heterocycles. The highest BCUT2D eigenvalue weighted by atomic mass is 35.5. The van der Waals surface area contributed by atoms with Crippen LogP contribution >= 0.6 is 11.6 Å². The molecule has 4 aromatic rings. The second-order valence-electron chi connectivity index (χ2n) is 7.40. The quantitative estimate of drug-likeness (QED) is 0.524. The van der Waals surface area contributed by atoms with Gasteiger partial charge in [-0.25, -0.2) is 15.0 Å². The van der Waals surface area contributed by atoms with Crippen LogP contribution in [0.25, 0.3) is 10.8 Å². The summed E-state index contributed by atoms with van der Waals surface area (Å²) >= 11 is 6.28. The smallest absolute Gasteiger partial charge is 0.131 e. The van der Waals surface area contributed by atoms with Gasteiger partial charge in [0.2, 0.25) is 0 Å². The van der Waals surface area contributed by atoms with Crippen molar-refractivity contribution >= 4 is 39.7 Å². The molecule has 0 aliphatic carbocycles. The number of benzene rings is 1. The van der Waals surface area contributed by atoms with Crippen LogP contribution in [-0.2, 0) is 19.5 Å². The molecule has 3 aromatic heterocycles. The van der Waals surface area contributed by atoms with Crippen molar-refractivity contribution in [1.82, 2.24) is 19.5 Å². The zero-order chi connectivity index (χ0) is 20.5. The number of halogens is 1. The fourth-order valence-corrected chi connectivity index (χ4v) is 4.03. The molecule has 3 N–H and O–H groups in total. The maximum absolute atomic E-state index is 6.28. The number of aromatic nitrogens is 4. The lowest BCUT2D eigenvalue weighted by Gasteiger charge is -2.21. The van der Waals surface area contributed by atoms with Gasteiger partial charge in [-0.05, 0) is 29.8 Å². The van der Waals surface area contributed by atoms with Gasteiger partial charge in [-0.2, -0.15) is 0 Å². The molecule has 152 valence electrons. The number of nitrogen functional groups attached to an aromatic ring is 1. The predicted octanol–water partition coefficient (Wildman–Crippen LogP) is 3.74. The Morgan fingerprint density at radius 3 is 2.80 bits per heavy atom. The van der Waals surface area contributed by atoms with Crippen molar-refractivity contribution in [2.45, 2.75) is 19.5 Å². The molecule has 5 rings (SSSR count). The fraction of sp³-hybridized carbons (Fsp3) is 0.227. The van der Waals surface area contributed by atoms with Gasteiger partial charge in [0.1, 0.15) is 17.5 Å². The first-order chi connectivity index (χ1) is 14.7. The Kier molecular flexibility index (Phi) is 4.88. The van der Waals surface area contributed by atoms with Crippen LogP contribution in [0.4, 0.5) is 17.3 Å². The van der Waals surface area contributed by atoms with Crippen LogP contribution in [0, 0.1) is 0 Å². The molecule has 1 aliphatic heterocycles. The highest BCUT2D eigenvalue weighted by molar-refractivity contribution is 6.35. The summed E-state index contributed by atoms with van der Waals surface area (Å²) in [6.45, 7) is 3.47. The largest absolute Gasteiger partial charge is 0.383 e. The number of hydrogen-bond acceptors (Lipinski definition) is 6. The molecule has 0 radical (unpaired) electrons. The third kappa shape index (κ3) is 3.64. The van der Waals surface area contributed by atoms with Gasteiger partial charge in [-0.3, -0.25) is 0 Å². The van der Waals surface area contributed by atoms with Crippen molar-refractivity contribution < 1.29 is 0 Å². The molecule has 0 unspecified atom stereocenters. The zero-order valence-electron chi connectivity index (χ0n) is 16.4. The second-order valence-corrected chi connectivity index (χ2v) is 7.81. The molecular weight excluding hydrogens is 398 g/mol. The van der Waals surface area contributed by atoms with E-state index < -0.39 is 0 Å². The number of imidazole rings is 1. The van der Waals surface area contributed by atoms with Crippen molar-refractivity contribution in [3.05, 3.63) is 71.5 Å². The minimum atomic E-state index is 0.484. The fourth-order valence-electron chi connectivity index (χ4n) is 3.83. The van der Waals surface area contributed by atoms with Crippen molar-refractivity contribution in [3.8, 4) is 0 Å². The topological polar surface area (TPSA) is 84.9 Å². The van der Waals surface area contributed by atoms with Gasteiger partial charge < -0.3 is 20.5 Å². The van der Waals surface area contributed by atoms with Gasteiger partial charge in [0.15, 0.2) is 0 Å². The summed E-state index contributed by atoms with van der Waals surface area (Å²) in [6, 6.07) is 10.1. The van der Waals surface area contributed by atoms with Crippen LogP contribution < -0.4 is 16.0 Å². The number of pyridine rings is 2. The van der Waals surface area contributed by atoms with Crippen LogP contribution in [0.2, 0.25) is 5.02 Å². The van der Waals surface area contributed by atoms with Gasteiger partial charge in [0.05, 0.1) is 5.02 Å². The van der Waals surface area contributed by atoms with Crippen molar-refractivity contribution in [3.63, 3.8) is 0 Å². The SMILES string of the molecule is Nc1ncc(Cl)c2cc(NCc3ccc(N4CCc5nccn5CC4)nc3)ccc12. The van der Waals surface area contributed by atoms with E-state index in [0.29, 0.717) is 17.4 Å². The summed E-state index contributed by atoms with van der Waals surface area (Å²) in [6.07, 6.45) is 8.37. The van der Waals surface area contributed by atoms with E-state index in [2.05, 4.69) is 41.9 Å². The van der Waals surface area contributed by atoms with Crippen molar-refractivity contribution in [2.24, 2.45) is 0 Å². The Morgan fingerprint density at radius 2 is 1.93 bits per heavy atom. The minimum Gasteiger partial charge on any atom is -0.383 e. The van der Waals surface area contributed by atoms with Crippen LogP contribution in [0.15, 0.2) is 55.1 Å². The Bertz CT molecular complexity index is 1160. The normalized spacial score (nSPS) is 13.8. The molecule has 30 heavy (non-hydrogen) atoms. The molecule has 0 atom stereocenters. The average molecular weight is 420 g/mol. The van der Waals surface area contributed by atoms with Gasteiger partial charge in [-0.1, -0.05) is 17.7 Å². The van der Waals surface area contributed by atoms with Gasteiger partial charge in [-0.15, -0.1) is 0 Å². The lowest BCUT2D eigenvalue weighted by molar-refractivity contribution is 0.685. The highest BCUT2D eigenvalue weighted by Gasteiger charge is 2.15. The standard InChI is InChI=1S/C22H22ClN7/c23-19-14-28-22(24)17-3-2-16(11-18(17)19)26-12-15-1-4-20(27-13-15)29-7-5-21-25-6-8-30(21)10-9-29/h1-4,6,8,11,13-14,26H,5,7,9-10,12H2,(H2,24,28). The predicted molar refractivity (Wildman–Crippen MR) is 121 cm³/mol. The van der Waals surface area contributed by atoms with Crippen LogP contribution in [0.1, 0.15) is 11.4 Å². The molecule has 4 heterocycles. The number of anilines is 3. The van der Waals surface area contributed by atoms with E-state index in [1.165, 1.54) is 0 Å². The first-order valence-corrected chi connectivity index (χ1v) is 10.3. The monoisotopic (exact) mass is 419 g/mol. The minimum absolute atomic E-state index is 0.484. The second kappa shape index (κ2) is 7.84. The Hall–Kier alpha value is -3.32. The Balaban J connectivity index is 1.25. The summed E-state index contributed by atoms with van der Waals surface area (Å²) in [7, 11) is 0. The zero-order valence-corrected chi connectivity index (χ0v) is 17.2. The highest BCUT2D eigenvalue weighted by Crippen LogP contribution is 2.29. The number of fused-ring (bicyclic) bond motifs is 2. The summed E-state index contributed by atoms with van der Waals surface area (Å²) in [5, 5.41) is 5.78. The van der Waals surface area contributed by atoms with Gasteiger partial charge >= 0.3 is 0 Å². The van der Waals surface area contributed by atoms with E-state index in [1.807, 2.05) is 36.8 Å². The maximum Gasteiger partial charge on any atom is 0.131 e. The molecule has 0 amide bonds. The Labute approximate surface area is 179 Å². The molecule has 1 aromatic carbocycles. The van der Waals surface area contributed by atoms with Gasteiger partial charge in [0, 0.05) is 73.8 Å². The molecular formula is C22H22ClN7. The molecule has 0 fully saturated rings. The first kappa shape index (κ1) is 18.7. The van der Waals surface area contributed by atoms with Gasteiger partial charge in [0.25, 0.3) is 0 Å². The number of nitrogens with one attached hydrogen (secondary N) is 1. The van der Waals surface area contributed by atoms with Crippen molar-refractivity contribution in [2.75, 3.05) is 29.0 Å². The molecule has 0 bridgehead atoms. The lowest BCUT2D eigenvalue weighted by atomic mass is 10.1. The third-order valence-electron chi connectivity index (χ3n) is 5.52. The molecule has 0 saturated carbocycles. The molecule has 8 heteroatoms. The number of rotatable bonds is 4. The van der Waals surface area contributed by atoms with E-state index in [0.717, 1.165) is 59.7 Å². The average Bonchev–Trinajstić information content (AvgIpc) is 3.13. The summed E-state index contributed by atoms with van der Waals surface area (Å²) in [5.41, 5.74) is 8.02. The molecule has 1 aliphatic rings. The van der Waals surface area contributed by atoms with Crippen LogP contribution in [0.3, 0.4) is 0 Å². The van der Waals surface area contributed by atoms with E-state index in [-0.39, 0.29) is 0 Å². The summed E-state index contributed by atoms with van der Waals surface area (Å²) in [5.74, 6) is 2.63. The van der Waals surface area contributed by atoms with E-state index in [9.17, 15) is 0 Å². The molecule has 0 spiro atoms. The Morgan fingerprint density at radius 1 is 1.00 bits per heavy atom. The summed E-state index contributed by atoms with van der Waals surface area (Å²) < 4.78 is 2.22. The maximum atomic E-state index is 6.28. The van der Waals surface area contributed by atoms with E-state index in [1.54, 1.807) is 6.20 Å². The summed E-state index contributed by atoms with van der Waals surface area (Å²) in [4.78, 5) is 15.5. The van der Waals surface area contributed by atoms with E-state index in [4.69, 9.17) is 17.3 Å². The van der Waals surface area contributed by atoms with Crippen LogP contribution in [0.5, 0.6) is 0 Å². The van der Waals surface area contributed by atoms with E-state index >= 15 is 0 Å². The number of nitrogens with zero attached hydrogens (tertiary/aromatic N) is 5. The molecule has 7 nitrogen and oxygen atoms in total. The van der Waals surface area contributed by atoms with Crippen LogP contribution in [-0.4, -0.2) is 32.6 Å². The first-order valence-electron chi connectivity index (χ1n) is 9.95. The number of nitrogens with two attached hydrogens (primary N) is 1. The van der Waals surface area contributed by atoms with Crippen molar-refractivity contribution in [1.29, 1.82) is 0 Å². The third-order valence-corrected chi connectivity index (χ3v) is 5.82. The lowest BCUT2D eigenvalue weighted by Crippen LogP contribution is -2.27.